The average Bonchev–Trinajstić information content (AvgIpc) is 2.96. The minimum Gasteiger partial charge on any atom is -0.352 e. The normalized spacial score (nSPS) is 25.6. The lowest BCUT2D eigenvalue weighted by molar-refractivity contribution is -0.119. The van der Waals surface area contributed by atoms with Crippen LogP contribution in [0.25, 0.3) is 0 Å². The number of hydrogen-bond donors (Lipinski definition) is 1. The van der Waals surface area contributed by atoms with Gasteiger partial charge >= 0.3 is 0 Å². The van der Waals surface area contributed by atoms with Gasteiger partial charge in [-0.25, -0.2) is 0 Å². The zero-order chi connectivity index (χ0) is 16.9. The molecule has 0 saturated heterocycles. The number of carbonyl (C=O) groups is 1. The summed E-state index contributed by atoms with van der Waals surface area (Å²) in [7, 11) is 0. The molecule has 0 spiro atoms. The SMILES string of the molecule is Cc1nnc(SCC(=O)N[C@@H]2CCCC[C@@H]2C)n1C1CCCCC1. The molecule has 2 saturated carbocycles. The van der Waals surface area contributed by atoms with Crippen LogP contribution in [0.2, 0.25) is 0 Å². The molecular formula is C18H30N4OS. The van der Waals surface area contributed by atoms with Gasteiger partial charge in [-0.2, -0.15) is 0 Å². The van der Waals surface area contributed by atoms with E-state index in [-0.39, 0.29) is 5.91 Å². The minimum absolute atomic E-state index is 0.134. The first-order valence-electron chi connectivity index (χ1n) is 9.49. The molecule has 24 heavy (non-hydrogen) atoms. The van der Waals surface area contributed by atoms with Gasteiger partial charge in [-0.1, -0.05) is 50.8 Å². The van der Waals surface area contributed by atoms with E-state index in [1.54, 1.807) is 0 Å². The van der Waals surface area contributed by atoms with Crippen molar-refractivity contribution >= 4 is 17.7 Å². The largest absolute Gasteiger partial charge is 0.352 e. The molecule has 1 aromatic rings. The van der Waals surface area contributed by atoms with Gasteiger partial charge in [0.1, 0.15) is 5.82 Å². The van der Waals surface area contributed by atoms with Crippen LogP contribution in [0.3, 0.4) is 0 Å². The predicted molar refractivity (Wildman–Crippen MR) is 97.2 cm³/mol. The van der Waals surface area contributed by atoms with Crippen LogP contribution in [-0.4, -0.2) is 32.5 Å². The van der Waals surface area contributed by atoms with Gasteiger partial charge in [0, 0.05) is 12.1 Å². The molecule has 134 valence electrons. The minimum atomic E-state index is 0.134. The van der Waals surface area contributed by atoms with Gasteiger partial charge in [-0.15, -0.1) is 10.2 Å². The number of rotatable bonds is 5. The maximum absolute atomic E-state index is 12.3. The number of hydrogen-bond acceptors (Lipinski definition) is 4. The molecule has 1 N–H and O–H groups in total. The second kappa shape index (κ2) is 8.37. The molecule has 2 aliphatic rings. The highest BCUT2D eigenvalue weighted by Crippen LogP contribution is 2.32. The van der Waals surface area contributed by atoms with Crippen molar-refractivity contribution in [2.45, 2.75) is 88.9 Å². The van der Waals surface area contributed by atoms with Crippen molar-refractivity contribution in [1.82, 2.24) is 20.1 Å². The summed E-state index contributed by atoms with van der Waals surface area (Å²) in [5.41, 5.74) is 0. The van der Waals surface area contributed by atoms with Crippen molar-refractivity contribution in [2.75, 3.05) is 5.75 Å². The molecule has 2 aliphatic carbocycles. The van der Waals surface area contributed by atoms with Gasteiger partial charge in [0.15, 0.2) is 5.16 Å². The molecule has 1 amide bonds. The number of nitrogens with one attached hydrogen (secondary N) is 1. The van der Waals surface area contributed by atoms with Gasteiger partial charge in [-0.3, -0.25) is 4.79 Å². The summed E-state index contributed by atoms with van der Waals surface area (Å²) < 4.78 is 2.26. The third-order valence-corrected chi connectivity index (χ3v) is 6.51. The quantitative estimate of drug-likeness (QED) is 0.819. The van der Waals surface area contributed by atoms with Gasteiger partial charge in [-0.05, 0) is 38.5 Å². The van der Waals surface area contributed by atoms with E-state index in [9.17, 15) is 4.79 Å². The molecular weight excluding hydrogens is 320 g/mol. The fourth-order valence-electron chi connectivity index (χ4n) is 4.12. The fraction of sp³-hybridized carbons (Fsp3) is 0.833. The number of thioether (sulfide) groups is 1. The third kappa shape index (κ3) is 4.32. The van der Waals surface area contributed by atoms with Crippen LogP contribution in [0, 0.1) is 12.8 Å². The highest BCUT2D eigenvalue weighted by atomic mass is 32.2. The van der Waals surface area contributed by atoms with Crippen molar-refractivity contribution in [3.05, 3.63) is 5.82 Å². The Morgan fingerprint density at radius 3 is 2.58 bits per heavy atom. The molecule has 3 rings (SSSR count). The van der Waals surface area contributed by atoms with Crippen LogP contribution in [0.15, 0.2) is 5.16 Å². The first-order chi connectivity index (χ1) is 11.6. The molecule has 5 nitrogen and oxygen atoms in total. The summed E-state index contributed by atoms with van der Waals surface area (Å²) in [6, 6.07) is 0.863. The number of carbonyl (C=O) groups excluding carboxylic acids is 1. The topological polar surface area (TPSA) is 59.8 Å². The summed E-state index contributed by atoms with van der Waals surface area (Å²) >= 11 is 1.54. The van der Waals surface area contributed by atoms with E-state index in [0.29, 0.717) is 23.8 Å². The van der Waals surface area contributed by atoms with Gasteiger partial charge in [0.05, 0.1) is 5.75 Å². The second-order valence-corrected chi connectivity index (χ2v) is 8.36. The van der Waals surface area contributed by atoms with E-state index < -0.39 is 0 Å². The highest BCUT2D eigenvalue weighted by Gasteiger charge is 2.24. The number of nitrogens with zero attached hydrogens (tertiary/aromatic N) is 3. The lowest BCUT2D eigenvalue weighted by Crippen LogP contribution is -2.41. The molecule has 0 radical (unpaired) electrons. The summed E-state index contributed by atoms with van der Waals surface area (Å²) in [6.07, 6.45) is 11.2. The Morgan fingerprint density at radius 1 is 1.12 bits per heavy atom. The third-order valence-electron chi connectivity index (χ3n) is 5.57. The van der Waals surface area contributed by atoms with Crippen molar-refractivity contribution in [2.24, 2.45) is 5.92 Å². The molecule has 1 aromatic heterocycles. The lowest BCUT2D eigenvalue weighted by Gasteiger charge is -2.29. The van der Waals surface area contributed by atoms with E-state index in [1.165, 1.54) is 63.1 Å². The standard InChI is InChI=1S/C18H30N4OS/c1-13-8-6-7-11-16(13)19-17(23)12-24-18-21-20-14(2)22(18)15-9-4-3-5-10-15/h13,15-16H,3-12H2,1-2H3,(H,19,23)/t13-,16+/m0/s1. The zero-order valence-electron chi connectivity index (χ0n) is 15.0. The Balaban J connectivity index is 1.55. The van der Waals surface area contributed by atoms with Crippen molar-refractivity contribution < 1.29 is 4.79 Å². The smallest absolute Gasteiger partial charge is 0.230 e. The van der Waals surface area contributed by atoms with Crippen molar-refractivity contribution in [1.29, 1.82) is 0 Å². The molecule has 0 unspecified atom stereocenters. The molecule has 0 aromatic carbocycles. The maximum Gasteiger partial charge on any atom is 0.230 e. The summed E-state index contributed by atoms with van der Waals surface area (Å²) in [5.74, 6) is 2.15. The van der Waals surface area contributed by atoms with Gasteiger partial charge < -0.3 is 9.88 Å². The number of aryl methyl sites for hydroxylation is 1. The van der Waals surface area contributed by atoms with E-state index in [4.69, 9.17) is 0 Å². The predicted octanol–water partition coefficient (Wildman–Crippen LogP) is 3.88. The van der Waals surface area contributed by atoms with E-state index in [1.807, 2.05) is 6.92 Å². The van der Waals surface area contributed by atoms with Crippen LogP contribution in [-0.2, 0) is 4.79 Å². The first-order valence-corrected chi connectivity index (χ1v) is 10.5. The number of aromatic nitrogens is 3. The molecule has 0 aliphatic heterocycles. The monoisotopic (exact) mass is 350 g/mol. The van der Waals surface area contributed by atoms with Gasteiger partial charge in [0.25, 0.3) is 0 Å². The van der Waals surface area contributed by atoms with E-state index in [2.05, 4.69) is 27.0 Å². The van der Waals surface area contributed by atoms with Crippen molar-refractivity contribution in [3.63, 3.8) is 0 Å². The number of amides is 1. The maximum atomic E-state index is 12.3. The summed E-state index contributed by atoms with van der Waals surface area (Å²) in [4.78, 5) is 12.3. The molecule has 2 atom stereocenters. The Morgan fingerprint density at radius 2 is 1.83 bits per heavy atom. The van der Waals surface area contributed by atoms with Crippen LogP contribution in [0.4, 0.5) is 0 Å². The Hall–Kier alpha value is -1.04. The Kier molecular flexibility index (Phi) is 6.19. The van der Waals surface area contributed by atoms with Gasteiger partial charge in [0.2, 0.25) is 5.91 Å². The van der Waals surface area contributed by atoms with Crippen LogP contribution >= 0.6 is 11.8 Å². The summed E-state index contributed by atoms with van der Waals surface area (Å²) in [5, 5.41) is 12.7. The van der Waals surface area contributed by atoms with Crippen LogP contribution in [0.1, 0.15) is 76.6 Å². The Bertz CT molecular complexity index is 553. The average molecular weight is 351 g/mol. The second-order valence-electron chi connectivity index (χ2n) is 7.42. The molecule has 6 heteroatoms. The molecule has 2 fully saturated rings. The zero-order valence-corrected chi connectivity index (χ0v) is 15.8. The molecule has 1 heterocycles. The van der Waals surface area contributed by atoms with Crippen LogP contribution in [0.5, 0.6) is 0 Å². The fourth-order valence-corrected chi connectivity index (χ4v) is 4.98. The van der Waals surface area contributed by atoms with Crippen molar-refractivity contribution in [3.8, 4) is 0 Å². The Labute approximate surface area is 149 Å². The molecule has 0 bridgehead atoms. The lowest BCUT2D eigenvalue weighted by atomic mass is 9.86. The van der Waals surface area contributed by atoms with Crippen LogP contribution < -0.4 is 5.32 Å². The highest BCUT2D eigenvalue weighted by molar-refractivity contribution is 7.99. The van der Waals surface area contributed by atoms with E-state index >= 15 is 0 Å². The van der Waals surface area contributed by atoms with E-state index in [0.717, 1.165) is 17.4 Å². The first kappa shape index (κ1) is 17.8. The summed E-state index contributed by atoms with van der Waals surface area (Å²) in [6.45, 7) is 4.27.